The van der Waals surface area contributed by atoms with Gasteiger partial charge in [-0.2, -0.15) is 13.2 Å². The summed E-state index contributed by atoms with van der Waals surface area (Å²) < 4.78 is 37.8. The van der Waals surface area contributed by atoms with Gasteiger partial charge in [-0.05, 0) is 37.6 Å². The molecule has 1 unspecified atom stereocenters. The zero-order valence-electron chi connectivity index (χ0n) is 9.82. The van der Waals surface area contributed by atoms with Gasteiger partial charge in [0.2, 0.25) is 0 Å². The minimum absolute atomic E-state index is 0.0145. The standard InChI is InChI=1S/C12H14Br2F3N/c1-8(18-6-2-5-12(15,16)17)10-4-3-9(13)7-11(10)14/h3-4,7-8,18H,2,5-6H2,1H3. The van der Waals surface area contributed by atoms with Crippen molar-refractivity contribution in [1.82, 2.24) is 5.32 Å². The van der Waals surface area contributed by atoms with Crippen LogP contribution >= 0.6 is 31.9 Å². The van der Waals surface area contributed by atoms with Gasteiger partial charge >= 0.3 is 6.18 Å². The second-order valence-corrected chi connectivity index (χ2v) is 5.83. The van der Waals surface area contributed by atoms with Crippen molar-refractivity contribution in [1.29, 1.82) is 0 Å². The number of hydrogen-bond acceptors (Lipinski definition) is 1. The van der Waals surface area contributed by atoms with Crippen LogP contribution in [0.3, 0.4) is 0 Å². The van der Waals surface area contributed by atoms with Gasteiger partial charge in [0, 0.05) is 21.4 Å². The average Bonchev–Trinajstić information content (AvgIpc) is 2.22. The number of halogens is 5. The minimum atomic E-state index is -4.07. The molecule has 1 rings (SSSR count). The first-order valence-electron chi connectivity index (χ1n) is 5.54. The van der Waals surface area contributed by atoms with Crippen LogP contribution in [0.1, 0.15) is 31.4 Å². The predicted octanol–water partition coefficient (Wildman–Crippen LogP) is 5.20. The molecule has 0 fully saturated rings. The third-order valence-electron chi connectivity index (χ3n) is 2.52. The van der Waals surface area contributed by atoms with E-state index < -0.39 is 12.6 Å². The first-order valence-corrected chi connectivity index (χ1v) is 7.13. The Balaban J connectivity index is 2.43. The highest BCUT2D eigenvalue weighted by Gasteiger charge is 2.25. The topological polar surface area (TPSA) is 12.0 Å². The molecule has 0 aromatic heterocycles. The molecule has 0 spiro atoms. The van der Waals surface area contributed by atoms with E-state index in [0.717, 1.165) is 14.5 Å². The lowest BCUT2D eigenvalue weighted by Gasteiger charge is -2.16. The zero-order valence-corrected chi connectivity index (χ0v) is 13.0. The Morgan fingerprint density at radius 2 is 1.94 bits per heavy atom. The fourth-order valence-corrected chi connectivity index (χ4v) is 2.96. The van der Waals surface area contributed by atoms with Gasteiger partial charge in [-0.3, -0.25) is 0 Å². The first kappa shape index (κ1) is 16.0. The van der Waals surface area contributed by atoms with Gasteiger partial charge in [0.25, 0.3) is 0 Å². The summed E-state index contributed by atoms with van der Waals surface area (Å²) in [7, 11) is 0. The molecule has 0 heterocycles. The lowest BCUT2D eigenvalue weighted by Crippen LogP contribution is -2.21. The second kappa shape index (κ2) is 6.91. The Morgan fingerprint density at radius 1 is 1.28 bits per heavy atom. The van der Waals surface area contributed by atoms with Crippen molar-refractivity contribution < 1.29 is 13.2 Å². The maximum atomic E-state index is 12.0. The minimum Gasteiger partial charge on any atom is -0.310 e. The first-order chi connectivity index (χ1) is 8.29. The van der Waals surface area contributed by atoms with Crippen molar-refractivity contribution in [2.45, 2.75) is 32.0 Å². The third-order valence-corrected chi connectivity index (χ3v) is 3.70. The molecule has 18 heavy (non-hydrogen) atoms. The molecule has 0 radical (unpaired) electrons. The molecule has 1 aromatic rings. The zero-order chi connectivity index (χ0) is 13.8. The van der Waals surface area contributed by atoms with Crippen LogP contribution in [0, 0.1) is 0 Å². The molecule has 0 aliphatic heterocycles. The number of nitrogens with one attached hydrogen (secondary N) is 1. The normalized spacial score (nSPS) is 13.7. The molecule has 1 aromatic carbocycles. The van der Waals surface area contributed by atoms with Crippen molar-refractivity contribution in [3.63, 3.8) is 0 Å². The smallest absolute Gasteiger partial charge is 0.310 e. The van der Waals surface area contributed by atoms with Crippen LogP contribution in [0.15, 0.2) is 27.1 Å². The second-order valence-electron chi connectivity index (χ2n) is 4.06. The summed E-state index contributed by atoms with van der Waals surface area (Å²) in [6.45, 7) is 2.28. The number of hydrogen-bond donors (Lipinski definition) is 1. The highest BCUT2D eigenvalue weighted by molar-refractivity contribution is 9.11. The lowest BCUT2D eigenvalue weighted by molar-refractivity contribution is -0.135. The van der Waals surface area contributed by atoms with E-state index in [1.165, 1.54) is 0 Å². The van der Waals surface area contributed by atoms with E-state index >= 15 is 0 Å². The molecule has 0 aliphatic carbocycles. The summed E-state index contributed by atoms with van der Waals surface area (Å²) in [5.41, 5.74) is 1.03. The fraction of sp³-hybridized carbons (Fsp3) is 0.500. The van der Waals surface area contributed by atoms with Gasteiger partial charge in [-0.15, -0.1) is 0 Å². The Morgan fingerprint density at radius 3 is 2.50 bits per heavy atom. The van der Waals surface area contributed by atoms with E-state index in [2.05, 4.69) is 37.2 Å². The molecule has 102 valence electrons. The van der Waals surface area contributed by atoms with Crippen LogP contribution in [-0.4, -0.2) is 12.7 Å². The van der Waals surface area contributed by atoms with E-state index in [9.17, 15) is 13.2 Å². The average molecular weight is 389 g/mol. The number of alkyl halides is 3. The Hall–Kier alpha value is -0.0700. The SMILES string of the molecule is CC(NCCCC(F)(F)F)c1ccc(Br)cc1Br. The molecule has 1 nitrogen and oxygen atoms in total. The van der Waals surface area contributed by atoms with Crippen molar-refractivity contribution in [2.75, 3.05) is 6.54 Å². The maximum absolute atomic E-state index is 12.0. The van der Waals surface area contributed by atoms with E-state index in [0.29, 0.717) is 6.54 Å². The van der Waals surface area contributed by atoms with Crippen molar-refractivity contribution in [3.05, 3.63) is 32.7 Å². The summed E-state index contributed by atoms with van der Waals surface area (Å²) in [5, 5.41) is 3.09. The summed E-state index contributed by atoms with van der Waals surface area (Å²) >= 11 is 6.79. The molecular weight excluding hydrogens is 375 g/mol. The van der Waals surface area contributed by atoms with Crippen molar-refractivity contribution in [2.24, 2.45) is 0 Å². The molecule has 6 heteroatoms. The fourth-order valence-electron chi connectivity index (χ4n) is 1.57. The maximum Gasteiger partial charge on any atom is 0.389 e. The van der Waals surface area contributed by atoms with Crippen LogP contribution in [-0.2, 0) is 0 Å². The van der Waals surface area contributed by atoms with E-state index in [4.69, 9.17) is 0 Å². The molecule has 1 N–H and O–H groups in total. The summed E-state index contributed by atoms with van der Waals surface area (Å²) in [6.07, 6.45) is -4.71. The lowest BCUT2D eigenvalue weighted by atomic mass is 10.1. The largest absolute Gasteiger partial charge is 0.389 e. The monoisotopic (exact) mass is 387 g/mol. The van der Waals surface area contributed by atoms with Crippen LogP contribution in [0.2, 0.25) is 0 Å². The molecule has 0 bridgehead atoms. The van der Waals surface area contributed by atoms with Crippen LogP contribution in [0.4, 0.5) is 13.2 Å². The van der Waals surface area contributed by atoms with Gasteiger partial charge < -0.3 is 5.32 Å². The van der Waals surface area contributed by atoms with Gasteiger partial charge in [0.1, 0.15) is 0 Å². The molecule has 1 atom stereocenters. The van der Waals surface area contributed by atoms with E-state index in [1.807, 2.05) is 25.1 Å². The van der Waals surface area contributed by atoms with Crippen molar-refractivity contribution >= 4 is 31.9 Å². The van der Waals surface area contributed by atoms with Gasteiger partial charge in [-0.1, -0.05) is 37.9 Å². The molecule has 0 aliphatic rings. The van der Waals surface area contributed by atoms with Gasteiger partial charge in [-0.25, -0.2) is 0 Å². The Labute approximate surface area is 121 Å². The highest BCUT2D eigenvalue weighted by atomic mass is 79.9. The van der Waals surface area contributed by atoms with Crippen LogP contribution in [0.5, 0.6) is 0 Å². The van der Waals surface area contributed by atoms with Crippen LogP contribution in [0.25, 0.3) is 0 Å². The predicted molar refractivity (Wildman–Crippen MR) is 73.5 cm³/mol. The van der Waals surface area contributed by atoms with Gasteiger partial charge in [0.15, 0.2) is 0 Å². The third kappa shape index (κ3) is 5.71. The molecule has 0 saturated heterocycles. The Bertz CT molecular complexity index is 393. The molecule has 0 saturated carbocycles. The summed E-state index contributed by atoms with van der Waals surface area (Å²) in [6, 6.07) is 5.79. The number of benzene rings is 1. The molecule has 0 amide bonds. The van der Waals surface area contributed by atoms with Crippen LogP contribution < -0.4 is 5.32 Å². The highest BCUT2D eigenvalue weighted by Crippen LogP contribution is 2.27. The molecular formula is C12H14Br2F3N. The number of rotatable bonds is 5. The van der Waals surface area contributed by atoms with Crippen molar-refractivity contribution in [3.8, 4) is 0 Å². The summed E-state index contributed by atoms with van der Waals surface area (Å²) in [4.78, 5) is 0. The quantitative estimate of drug-likeness (QED) is 0.683. The van der Waals surface area contributed by atoms with Gasteiger partial charge in [0.05, 0.1) is 0 Å². The van der Waals surface area contributed by atoms with E-state index in [-0.39, 0.29) is 12.5 Å². The van der Waals surface area contributed by atoms with E-state index in [1.54, 1.807) is 0 Å². The Kier molecular flexibility index (Phi) is 6.14. The summed E-state index contributed by atoms with van der Waals surface area (Å²) in [5.74, 6) is 0.